The van der Waals surface area contributed by atoms with Crippen LogP contribution in [0.25, 0.3) is 0 Å². The molecule has 0 saturated heterocycles. The van der Waals surface area contributed by atoms with Crippen molar-refractivity contribution in [2.45, 2.75) is 13.8 Å². The number of pyridine rings is 1. The first-order valence-electron chi connectivity index (χ1n) is 5.81. The fraction of sp³-hybridized carbons (Fsp3) is 0.143. The summed E-state index contributed by atoms with van der Waals surface area (Å²) in [5.41, 5.74) is 1.77. The average Bonchev–Trinajstić information content (AvgIpc) is 2.40. The molecule has 0 aliphatic rings. The van der Waals surface area contributed by atoms with Gasteiger partial charge in [0, 0.05) is 11.6 Å². The Bertz CT molecular complexity index is 720. The molecule has 0 saturated carbocycles. The number of hydrogen-bond donors (Lipinski definition) is 0. The van der Waals surface area contributed by atoms with Gasteiger partial charge in [0.15, 0.2) is 0 Å². The monoisotopic (exact) mass is 269 g/mol. The van der Waals surface area contributed by atoms with Gasteiger partial charge in [0.05, 0.1) is 16.6 Å². The topological polar surface area (TPSA) is 89.0 Å². The van der Waals surface area contributed by atoms with Crippen molar-refractivity contribution in [2.24, 2.45) is 0 Å². The van der Waals surface area contributed by atoms with E-state index in [1.807, 2.05) is 13.0 Å². The largest absolute Gasteiger partial charge is 0.439 e. The average molecular weight is 269 g/mol. The molecule has 0 spiro atoms. The van der Waals surface area contributed by atoms with E-state index in [1.54, 1.807) is 25.1 Å². The van der Waals surface area contributed by atoms with Crippen LogP contribution >= 0.6 is 0 Å². The molecular formula is C14H11N3O3. The molecule has 0 fully saturated rings. The molecular weight excluding hydrogens is 258 g/mol. The molecule has 0 amide bonds. The summed E-state index contributed by atoms with van der Waals surface area (Å²) >= 11 is 0. The van der Waals surface area contributed by atoms with E-state index in [1.165, 1.54) is 12.3 Å². The summed E-state index contributed by atoms with van der Waals surface area (Å²) in [5, 5.41) is 19.5. The van der Waals surface area contributed by atoms with Crippen molar-refractivity contribution in [1.82, 2.24) is 4.98 Å². The molecule has 1 aromatic carbocycles. The molecule has 1 aromatic heterocycles. The second-order valence-corrected chi connectivity index (χ2v) is 4.26. The minimum atomic E-state index is -0.487. The van der Waals surface area contributed by atoms with Crippen LogP contribution in [-0.2, 0) is 0 Å². The summed E-state index contributed by atoms with van der Waals surface area (Å²) < 4.78 is 5.58. The Balaban J connectivity index is 2.29. The van der Waals surface area contributed by atoms with Crippen LogP contribution in [0.1, 0.15) is 16.7 Å². The third-order valence-corrected chi connectivity index (χ3v) is 2.77. The number of nitrogens with zero attached hydrogens (tertiary/aromatic N) is 3. The van der Waals surface area contributed by atoms with Gasteiger partial charge in [-0.25, -0.2) is 4.98 Å². The van der Waals surface area contributed by atoms with Gasteiger partial charge in [0.1, 0.15) is 11.9 Å². The summed E-state index contributed by atoms with van der Waals surface area (Å²) in [4.78, 5) is 14.1. The van der Waals surface area contributed by atoms with Crippen molar-refractivity contribution in [3.05, 3.63) is 57.3 Å². The van der Waals surface area contributed by atoms with Gasteiger partial charge in [0.2, 0.25) is 5.88 Å². The molecule has 100 valence electrons. The van der Waals surface area contributed by atoms with Crippen molar-refractivity contribution in [2.75, 3.05) is 0 Å². The molecule has 0 radical (unpaired) electrons. The summed E-state index contributed by atoms with van der Waals surface area (Å²) in [7, 11) is 0. The second-order valence-electron chi connectivity index (χ2n) is 4.26. The van der Waals surface area contributed by atoms with Crippen LogP contribution in [0.5, 0.6) is 11.6 Å². The number of nitro groups is 1. The van der Waals surface area contributed by atoms with E-state index in [4.69, 9.17) is 10.00 Å². The van der Waals surface area contributed by atoms with Crippen LogP contribution in [-0.4, -0.2) is 9.91 Å². The number of hydrogen-bond acceptors (Lipinski definition) is 5. The predicted molar refractivity (Wildman–Crippen MR) is 71.6 cm³/mol. The highest BCUT2D eigenvalue weighted by atomic mass is 16.6. The van der Waals surface area contributed by atoms with Crippen LogP contribution in [0.15, 0.2) is 30.5 Å². The summed E-state index contributed by atoms with van der Waals surface area (Å²) in [6.07, 6.45) is 1.17. The van der Waals surface area contributed by atoms with E-state index in [9.17, 15) is 10.1 Å². The SMILES string of the molecule is Cc1cc(C#N)ccc1Oc1cc(C)c([N+](=O)[O-])cn1. The van der Waals surface area contributed by atoms with Crippen LogP contribution in [0, 0.1) is 35.3 Å². The van der Waals surface area contributed by atoms with E-state index in [0.717, 1.165) is 5.56 Å². The van der Waals surface area contributed by atoms with Gasteiger partial charge in [-0.15, -0.1) is 0 Å². The molecule has 2 aromatic rings. The molecule has 20 heavy (non-hydrogen) atoms. The minimum absolute atomic E-state index is 0.0473. The Kier molecular flexibility index (Phi) is 3.62. The molecule has 0 aliphatic heterocycles. The highest BCUT2D eigenvalue weighted by molar-refractivity contribution is 5.44. The van der Waals surface area contributed by atoms with Crippen LogP contribution < -0.4 is 4.74 Å². The number of nitriles is 1. The normalized spacial score (nSPS) is 9.85. The second kappa shape index (κ2) is 5.36. The van der Waals surface area contributed by atoms with Crippen molar-refractivity contribution < 1.29 is 9.66 Å². The molecule has 2 rings (SSSR count). The quantitative estimate of drug-likeness (QED) is 0.630. The lowest BCUT2D eigenvalue weighted by Crippen LogP contribution is -1.96. The maximum atomic E-state index is 10.7. The minimum Gasteiger partial charge on any atom is -0.439 e. The van der Waals surface area contributed by atoms with Gasteiger partial charge < -0.3 is 4.74 Å². The zero-order valence-corrected chi connectivity index (χ0v) is 11.0. The Labute approximate surface area is 115 Å². The fourth-order valence-electron chi connectivity index (χ4n) is 1.72. The van der Waals surface area contributed by atoms with Gasteiger partial charge in [-0.05, 0) is 37.6 Å². The number of aromatic nitrogens is 1. The molecule has 0 atom stereocenters. The summed E-state index contributed by atoms with van der Waals surface area (Å²) in [5.74, 6) is 0.839. The van der Waals surface area contributed by atoms with Crippen LogP contribution in [0.3, 0.4) is 0 Å². The summed E-state index contributed by atoms with van der Waals surface area (Å²) in [6, 6.07) is 8.57. The lowest BCUT2D eigenvalue weighted by atomic mass is 10.1. The smallest absolute Gasteiger partial charge is 0.290 e. The predicted octanol–water partition coefficient (Wildman–Crippen LogP) is 3.27. The van der Waals surface area contributed by atoms with Crippen molar-refractivity contribution in [1.29, 1.82) is 5.26 Å². The Morgan fingerprint density at radius 2 is 2.05 bits per heavy atom. The highest BCUT2D eigenvalue weighted by Crippen LogP contribution is 2.27. The first kappa shape index (κ1) is 13.5. The molecule has 6 nitrogen and oxygen atoms in total. The van der Waals surface area contributed by atoms with E-state index >= 15 is 0 Å². The molecule has 6 heteroatoms. The number of rotatable bonds is 3. The maximum Gasteiger partial charge on any atom is 0.290 e. The Hall–Kier alpha value is -2.94. The Morgan fingerprint density at radius 1 is 1.30 bits per heavy atom. The molecule has 0 unspecified atom stereocenters. The number of benzene rings is 1. The first-order chi connectivity index (χ1) is 9.51. The lowest BCUT2D eigenvalue weighted by molar-refractivity contribution is -0.385. The van der Waals surface area contributed by atoms with E-state index in [-0.39, 0.29) is 11.6 Å². The lowest BCUT2D eigenvalue weighted by Gasteiger charge is -2.08. The first-order valence-corrected chi connectivity index (χ1v) is 5.81. The molecule has 0 bridgehead atoms. The standard InChI is InChI=1S/C14H11N3O3/c1-9-6-14(16-8-12(9)17(18)19)20-13-4-3-11(7-15)5-10(13)2/h3-6,8H,1-2H3. The van der Waals surface area contributed by atoms with E-state index in [0.29, 0.717) is 16.9 Å². The fourth-order valence-corrected chi connectivity index (χ4v) is 1.72. The maximum absolute atomic E-state index is 10.7. The molecule has 0 aliphatic carbocycles. The van der Waals surface area contributed by atoms with Crippen molar-refractivity contribution in [3.63, 3.8) is 0 Å². The highest BCUT2D eigenvalue weighted by Gasteiger charge is 2.13. The zero-order valence-electron chi connectivity index (χ0n) is 11.0. The van der Waals surface area contributed by atoms with Gasteiger partial charge in [-0.1, -0.05) is 0 Å². The van der Waals surface area contributed by atoms with E-state index < -0.39 is 4.92 Å². The molecule has 1 heterocycles. The third-order valence-electron chi connectivity index (χ3n) is 2.77. The van der Waals surface area contributed by atoms with E-state index in [2.05, 4.69) is 4.98 Å². The summed E-state index contributed by atoms with van der Waals surface area (Å²) in [6.45, 7) is 3.44. The van der Waals surface area contributed by atoms with Crippen molar-refractivity contribution in [3.8, 4) is 17.7 Å². The third kappa shape index (κ3) is 2.72. The van der Waals surface area contributed by atoms with Crippen LogP contribution in [0.2, 0.25) is 0 Å². The van der Waals surface area contributed by atoms with Gasteiger partial charge in [0.25, 0.3) is 5.69 Å². The van der Waals surface area contributed by atoms with Gasteiger partial charge >= 0.3 is 0 Å². The van der Waals surface area contributed by atoms with Crippen LogP contribution in [0.4, 0.5) is 5.69 Å². The van der Waals surface area contributed by atoms with Gasteiger partial charge in [-0.3, -0.25) is 10.1 Å². The Morgan fingerprint density at radius 3 is 2.60 bits per heavy atom. The number of aryl methyl sites for hydroxylation is 2. The number of ether oxygens (including phenoxy) is 1. The zero-order chi connectivity index (χ0) is 14.7. The van der Waals surface area contributed by atoms with Gasteiger partial charge in [-0.2, -0.15) is 5.26 Å². The molecule has 0 N–H and O–H groups in total. The van der Waals surface area contributed by atoms with Crippen molar-refractivity contribution >= 4 is 5.69 Å².